The number of nitrogens with zero attached hydrogens (tertiary/aromatic N) is 3. The monoisotopic (exact) mass is 380 g/mol. The van der Waals surface area contributed by atoms with Crippen molar-refractivity contribution >= 4 is 18.0 Å². The van der Waals surface area contributed by atoms with E-state index in [4.69, 9.17) is 15.3 Å². The molecule has 0 radical (unpaired) electrons. The SMILES string of the molecule is COC(=O)N(CCC#N)[C@H](C(=O)OC(=O)[C@@H](NCCC#N)C(C)C)C(C)C. The number of esters is 2. The molecule has 150 valence electrons. The van der Waals surface area contributed by atoms with Crippen LogP contribution in [0.2, 0.25) is 0 Å². The van der Waals surface area contributed by atoms with E-state index in [2.05, 4.69) is 10.1 Å². The average Bonchev–Trinajstić information content (AvgIpc) is 2.60. The Labute approximate surface area is 160 Å². The van der Waals surface area contributed by atoms with Crippen LogP contribution in [0.15, 0.2) is 0 Å². The minimum atomic E-state index is -1.07. The molecule has 0 saturated carbocycles. The largest absolute Gasteiger partial charge is 0.453 e. The molecule has 0 unspecified atom stereocenters. The molecular weight excluding hydrogens is 352 g/mol. The Bertz CT molecular complexity index is 592. The fraction of sp³-hybridized carbons (Fsp3) is 0.722. The van der Waals surface area contributed by atoms with Gasteiger partial charge in [-0.05, 0) is 11.8 Å². The van der Waals surface area contributed by atoms with Gasteiger partial charge in [-0.15, -0.1) is 0 Å². The van der Waals surface area contributed by atoms with Crippen molar-refractivity contribution in [2.24, 2.45) is 11.8 Å². The molecule has 0 rings (SSSR count). The van der Waals surface area contributed by atoms with Crippen LogP contribution >= 0.6 is 0 Å². The Hall–Kier alpha value is -2.65. The Kier molecular flexibility index (Phi) is 11.4. The summed E-state index contributed by atoms with van der Waals surface area (Å²) in [6.45, 7) is 7.22. The molecule has 0 heterocycles. The first kappa shape index (κ1) is 24.4. The predicted molar refractivity (Wildman–Crippen MR) is 95.9 cm³/mol. The standard InChI is InChI=1S/C18H28N4O5/c1-12(2)14(21-10-6-8-19)16(23)27-17(24)15(13(3)4)22(11-7-9-20)18(25)26-5/h12-15,21H,6-7,10-11H2,1-5H3/t14-,15-/m0/s1. The van der Waals surface area contributed by atoms with Crippen LogP contribution in [0.5, 0.6) is 0 Å². The van der Waals surface area contributed by atoms with Crippen molar-refractivity contribution in [2.75, 3.05) is 20.2 Å². The molecule has 0 aliphatic rings. The van der Waals surface area contributed by atoms with E-state index in [-0.39, 0.29) is 37.8 Å². The Morgan fingerprint density at radius 1 is 1.00 bits per heavy atom. The molecule has 0 aliphatic heterocycles. The fourth-order valence-corrected chi connectivity index (χ4v) is 2.49. The van der Waals surface area contributed by atoms with Gasteiger partial charge < -0.3 is 14.8 Å². The summed E-state index contributed by atoms with van der Waals surface area (Å²) in [4.78, 5) is 38.2. The molecule has 9 heteroatoms. The highest BCUT2D eigenvalue weighted by molar-refractivity contribution is 5.92. The van der Waals surface area contributed by atoms with Crippen LogP contribution in [0, 0.1) is 34.5 Å². The molecular formula is C18H28N4O5. The summed E-state index contributed by atoms with van der Waals surface area (Å²) >= 11 is 0. The van der Waals surface area contributed by atoms with E-state index in [0.29, 0.717) is 0 Å². The molecule has 9 nitrogen and oxygen atoms in total. The van der Waals surface area contributed by atoms with E-state index in [9.17, 15) is 14.4 Å². The zero-order valence-corrected chi connectivity index (χ0v) is 16.5. The number of hydrogen-bond acceptors (Lipinski definition) is 8. The van der Waals surface area contributed by atoms with Gasteiger partial charge in [-0.25, -0.2) is 14.4 Å². The van der Waals surface area contributed by atoms with Gasteiger partial charge in [0.1, 0.15) is 12.1 Å². The minimum absolute atomic E-state index is 0.00385. The molecule has 0 bridgehead atoms. The van der Waals surface area contributed by atoms with E-state index in [1.54, 1.807) is 27.7 Å². The van der Waals surface area contributed by atoms with Crippen molar-refractivity contribution in [3.63, 3.8) is 0 Å². The Morgan fingerprint density at radius 2 is 1.59 bits per heavy atom. The highest BCUT2D eigenvalue weighted by atomic mass is 16.6. The molecule has 1 amide bonds. The van der Waals surface area contributed by atoms with Crippen molar-refractivity contribution in [3.05, 3.63) is 0 Å². The highest BCUT2D eigenvalue weighted by Crippen LogP contribution is 2.16. The number of nitrogens with one attached hydrogen (secondary N) is 1. The first-order valence-electron chi connectivity index (χ1n) is 8.78. The van der Waals surface area contributed by atoms with Crippen LogP contribution in [0.4, 0.5) is 4.79 Å². The quantitative estimate of drug-likeness (QED) is 0.343. The van der Waals surface area contributed by atoms with Crippen LogP contribution < -0.4 is 5.32 Å². The van der Waals surface area contributed by atoms with Crippen LogP contribution in [0.1, 0.15) is 40.5 Å². The Balaban J connectivity index is 5.34. The summed E-state index contributed by atoms with van der Waals surface area (Å²) in [5.41, 5.74) is 0. The van der Waals surface area contributed by atoms with Crippen LogP contribution in [0.3, 0.4) is 0 Å². The summed E-state index contributed by atoms with van der Waals surface area (Å²) in [5, 5.41) is 20.3. The number of rotatable bonds is 10. The first-order chi connectivity index (χ1) is 12.7. The molecule has 0 aromatic heterocycles. The van der Waals surface area contributed by atoms with Gasteiger partial charge >= 0.3 is 18.0 Å². The number of carbonyl (C=O) groups excluding carboxylic acids is 3. The number of nitriles is 2. The van der Waals surface area contributed by atoms with E-state index in [0.717, 1.165) is 4.90 Å². The lowest BCUT2D eigenvalue weighted by Gasteiger charge is -2.31. The van der Waals surface area contributed by atoms with E-state index in [1.165, 1.54) is 7.11 Å². The summed E-state index contributed by atoms with van der Waals surface area (Å²) in [6, 6.07) is 2.04. The third-order valence-corrected chi connectivity index (χ3v) is 3.81. The van der Waals surface area contributed by atoms with Gasteiger partial charge in [-0.3, -0.25) is 4.90 Å². The average molecular weight is 380 g/mol. The van der Waals surface area contributed by atoms with Gasteiger partial charge in [0.25, 0.3) is 0 Å². The molecule has 2 atom stereocenters. The minimum Gasteiger partial charge on any atom is -0.453 e. The zero-order valence-electron chi connectivity index (χ0n) is 16.5. The summed E-state index contributed by atoms with van der Waals surface area (Å²) in [7, 11) is 1.17. The smallest absolute Gasteiger partial charge is 0.410 e. The van der Waals surface area contributed by atoms with Gasteiger partial charge in [0, 0.05) is 19.5 Å². The number of ether oxygens (including phenoxy) is 2. The van der Waals surface area contributed by atoms with Gasteiger partial charge in [0.2, 0.25) is 0 Å². The summed E-state index contributed by atoms with van der Waals surface area (Å²) in [5.74, 6) is -2.20. The highest BCUT2D eigenvalue weighted by Gasteiger charge is 2.37. The predicted octanol–water partition coefficient (Wildman–Crippen LogP) is 1.59. The second-order valence-electron chi connectivity index (χ2n) is 6.58. The molecule has 0 aromatic carbocycles. The van der Waals surface area contributed by atoms with Crippen molar-refractivity contribution in [1.82, 2.24) is 10.2 Å². The molecule has 0 spiro atoms. The number of amides is 1. The molecule has 0 saturated heterocycles. The third-order valence-electron chi connectivity index (χ3n) is 3.81. The maximum absolute atomic E-state index is 12.6. The van der Waals surface area contributed by atoms with Gasteiger partial charge in [-0.1, -0.05) is 27.7 Å². The maximum Gasteiger partial charge on any atom is 0.410 e. The maximum atomic E-state index is 12.6. The van der Waals surface area contributed by atoms with Crippen molar-refractivity contribution in [1.29, 1.82) is 10.5 Å². The van der Waals surface area contributed by atoms with Gasteiger partial charge in [0.15, 0.2) is 0 Å². The van der Waals surface area contributed by atoms with Gasteiger partial charge in [0.05, 0.1) is 25.7 Å². The second kappa shape index (κ2) is 12.7. The van der Waals surface area contributed by atoms with Crippen molar-refractivity contribution in [2.45, 2.75) is 52.6 Å². The van der Waals surface area contributed by atoms with Crippen molar-refractivity contribution in [3.8, 4) is 12.1 Å². The second-order valence-corrected chi connectivity index (χ2v) is 6.58. The molecule has 0 fully saturated rings. The number of methoxy groups -OCH3 is 1. The normalized spacial score (nSPS) is 12.6. The lowest BCUT2D eigenvalue weighted by molar-refractivity contribution is -0.166. The lowest BCUT2D eigenvalue weighted by atomic mass is 10.0. The molecule has 0 aliphatic carbocycles. The lowest BCUT2D eigenvalue weighted by Crippen LogP contribution is -2.51. The Morgan fingerprint density at radius 3 is 2.04 bits per heavy atom. The molecule has 27 heavy (non-hydrogen) atoms. The topological polar surface area (TPSA) is 133 Å². The van der Waals surface area contributed by atoms with E-state index >= 15 is 0 Å². The first-order valence-corrected chi connectivity index (χ1v) is 8.78. The van der Waals surface area contributed by atoms with Crippen LogP contribution in [0.25, 0.3) is 0 Å². The molecule has 0 aromatic rings. The van der Waals surface area contributed by atoms with Crippen molar-refractivity contribution < 1.29 is 23.9 Å². The molecule has 1 N–H and O–H groups in total. The zero-order chi connectivity index (χ0) is 21.0. The summed E-state index contributed by atoms with van der Waals surface area (Å²) in [6.07, 6.45) is -0.561. The number of hydrogen-bond donors (Lipinski definition) is 1. The van der Waals surface area contributed by atoms with Crippen LogP contribution in [-0.2, 0) is 19.1 Å². The van der Waals surface area contributed by atoms with E-state index in [1.807, 2.05) is 12.1 Å². The van der Waals surface area contributed by atoms with E-state index < -0.39 is 30.1 Å². The fourth-order valence-electron chi connectivity index (χ4n) is 2.49. The summed E-state index contributed by atoms with van der Waals surface area (Å²) < 4.78 is 9.72. The van der Waals surface area contributed by atoms with Crippen LogP contribution in [-0.4, -0.2) is 55.2 Å². The number of carbonyl (C=O) groups is 3. The third kappa shape index (κ3) is 8.06. The van der Waals surface area contributed by atoms with Gasteiger partial charge in [-0.2, -0.15) is 10.5 Å².